The van der Waals surface area contributed by atoms with E-state index in [0.29, 0.717) is 6.04 Å². The van der Waals surface area contributed by atoms with Crippen LogP contribution in [0.2, 0.25) is 0 Å². The third-order valence-corrected chi connectivity index (χ3v) is 3.42. The molecule has 0 bridgehead atoms. The molecule has 2 aromatic rings. The van der Waals surface area contributed by atoms with Crippen LogP contribution in [0.25, 0.3) is 5.65 Å². The Morgan fingerprint density at radius 3 is 2.88 bits per heavy atom. The van der Waals surface area contributed by atoms with Crippen molar-refractivity contribution in [1.82, 2.24) is 14.6 Å². The second kappa shape index (κ2) is 4.35. The normalized spacial score (nSPS) is 17.5. The summed E-state index contributed by atoms with van der Waals surface area (Å²) in [5.74, 6) is 1.89. The highest BCUT2D eigenvalue weighted by molar-refractivity contribution is 5.49. The van der Waals surface area contributed by atoms with Crippen LogP contribution < -0.4 is 5.32 Å². The molecular formula is C13H18N4. The van der Waals surface area contributed by atoms with E-state index in [4.69, 9.17) is 0 Å². The molecule has 1 saturated carbocycles. The summed E-state index contributed by atoms with van der Waals surface area (Å²) in [7, 11) is 0. The molecule has 4 heteroatoms. The number of anilines is 1. The Labute approximate surface area is 101 Å². The molecule has 0 spiro atoms. The Bertz CT molecular complexity index is 511. The molecule has 1 aliphatic rings. The van der Waals surface area contributed by atoms with Gasteiger partial charge in [-0.15, -0.1) is 5.10 Å². The minimum absolute atomic E-state index is 0.596. The Morgan fingerprint density at radius 2 is 2.06 bits per heavy atom. The van der Waals surface area contributed by atoms with Crippen LogP contribution in [-0.2, 0) is 0 Å². The maximum Gasteiger partial charge on any atom is 0.157 e. The van der Waals surface area contributed by atoms with Crippen molar-refractivity contribution in [1.29, 1.82) is 0 Å². The van der Waals surface area contributed by atoms with Gasteiger partial charge in [-0.1, -0.05) is 25.3 Å². The van der Waals surface area contributed by atoms with E-state index >= 15 is 0 Å². The number of nitrogens with one attached hydrogen (secondary N) is 1. The molecule has 2 heterocycles. The predicted octanol–water partition coefficient (Wildman–Crippen LogP) is 2.78. The summed E-state index contributed by atoms with van der Waals surface area (Å²) in [5.41, 5.74) is 0.920. The van der Waals surface area contributed by atoms with E-state index in [1.165, 1.54) is 32.1 Å². The Morgan fingerprint density at radius 1 is 1.24 bits per heavy atom. The summed E-state index contributed by atoms with van der Waals surface area (Å²) in [6, 6.07) is 6.70. The average molecular weight is 230 g/mol. The van der Waals surface area contributed by atoms with Crippen LogP contribution in [0.15, 0.2) is 18.2 Å². The van der Waals surface area contributed by atoms with Crippen molar-refractivity contribution < 1.29 is 0 Å². The van der Waals surface area contributed by atoms with E-state index in [9.17, 15) is 0 Å². The van der Waals surface area contributed by atoms with Gasteiger partial charge >= 0.3 is 0 Å². The van der Waals surface area contributed by atoms with E-state index in [-0.39, 0.29) is 0 Å². The van der Waals surface area contributed by atoms with Crippen molar-refractivity contribution in [2.24, 2.45) is 0 Å². The second-order valence-corrected chi connectivity index (χ2v) is 4.82. The first-order valence-corrected chi connectivity index (χ1v) is 6.42. The van der Waals surface area contributed by atoms with Gasteiger partial charge in [0.25, 0.3) is 0 Å². The highest BCUT2D eigenvalue weighted by Gasteiger charge is 2.14. The molecular weight excluding hydrogens is 212 g/mol. The van der Waals surface area contributed by atoms with Crippen molar-refractivity contribution in [3.8, 4) is 0 Å². The number of hydrogen-bond acceptors (Lipinski definition) is 3. The van der Waals surface area contributed by atoms with Gasteiger partial charge in [0.2, 0.25) is 0 Å². The highest BCUT2D eigenvalue weighted by Crippen LogP contribution is 2.21. The highest BCUT2D eigenvalue weighted by atomic mass is 15.3. The zero-order valence-corrected chi connectivity index (χ0v) is 10.2. The van der Waals surface area contributed by atoms with Gasteiger partial charge in [0.1, 0.15) is 11.6 Å². The van der Waals surface area contributed by atoms with Crippen LogP contribution in [0.3, 0.4) is 0 Å². The van der Waals surface area contributed by atoms with Crippen molar-refractivity contribution in [2.45, 2.75) is 45.1 Å². The Kier molecular flexibility index (Phi) is 2.71. The van der Waals surface area contributed by atoms with Crippen LogP contribution in [0, 0.1) is 6.92 Å². The van der Waals surface area contributed by atoms with E-state index in [2.05, 4.69) is 21.5 Å². The fourth-order valence-electron chi connectivity index (χ4n) is 2.58. The second-order valence-electron chi connectivity index (χ2n) is 4.82. The number of pyridine rings is 1. The molecule has 1 fully saturated rings. The molecule has 4 nitrogen and oxygen atoms in total. The average Bonchev–Trinajstić information content (AvgIpc) is 2.72. The minimum atomic E-state index is 0.596. The lowest BCUT2D eigenvalue weighted by Crippen LogP contribution is -2.23. The van der Waals surface area contributed by atoms with Crippen molar-refractivity contribution in [3.63, 3.8) is 0 Å². The fourth-order valence-corrected chi connectivity index (χ4v) is 2.58. The van der Waals surface area contributed by atoms with Gasteiger partial charge in [0.15, 0.2) is 5.65 Å². The first kappa shape index (κ1) is 10.6. The fraction of sp³-hybridized carbons (Fsp3) is 0.538. The van der Waals surface area contributed by atoms with Crippen molar-refractivity contribution in [2.75, 3.05) is 5.32 Å². The summed E-state index contributed by atoms with van der Waals surface area (Å²) in [6.45, 7) is 1.93. The van der Waals surface area contributed by atoms with Crippen LogP contribution in [0.1, 0.15) is 37.9 Å². The third-order valence-electron chi connectivity index (χ3n) is 3.42. The number of rotatable bonds is 2. The monoisotopic (exact) mass is 230 g/mol. The van der Waals surface area contributed by atoms with E-state index < -0.39 is 0 Å². The van der Waals surface area contributed by atoms with Crippen molar-refractivity contribution in [3.05, 3.63) is 24.0 Å². The van der Waals surface area contributed by atoms with Gasteiger partial charge in [-0.05, 0) is 31.9 Å². The van der Waals surface area contributed by atoms with E-state index in [1.807, 2.05) is 23.6 Å². The number of hydrogen-bond donors (Lipinski definition) is 1. The van der Waals surface area contributed by atoms with Crippen LogP contribution in [0.4, 0.5) is 5.82 Å². The van der Waals surface area contributed by atoms with Crippen LogP contribution in [-0.4, -0.2) is 20.6 Å². The zero-order chi connectivity index (χ0) is 11.7. The predicted molar refractivity (Wildman–Crippen MR) is 68.2 cm³/mol. The van der Waals surface area contributed by atoms with E-state index in [1.54, 1.807) is 0 Å². The van der Waals surface area contributed by atoms with Gasteiger partial charge in [0.05, 0.1) is 0 Å². The molecule has 90 valence electrons. The van der Waals surface area contributed by atoms with E-state index in [0.717, 1.165) is 17.3 Å². The maximum atomic E-state index is 4.42. The molecule has 0 amide bonds. The largest absolute Gasteiger partial charge is 0.367 e. The maximum absolute atomic E-state index is 4.42. The molecule has 1 N–H and O–H groups in total. The molecule has 0 unspecified atom stereocenters. The smallest absolute Gasteiger partial charge is 0.157 e. The minimum Gasteiger partial charge on any atom is -0.367 e. The molecule has 3 rings (SSSR count). The standard InChI is InChI=1S/C13H18N4/c1-10-14-12-8-5-9-13(17(12)16-10)15-11-6-3-2-4-7-11/h5,8-9,11,15H,2-4,6-7H2,1H3. The lowest BCUT2D eigenvalue weighted by molar-refractivity contribution is 0.461. The van der Waals surface area contributed by atoms with Gasteiger partial charge in [-0.3, -0.25) is 0 Å². The lowest BCUT2D eigenvalue weighted by Gasteiger charge is -2.23. The lowest BCUT2D eigenvalue weighted by atomic mass is 9.95. The van der Waals surface area contributed by atoms with Crippen LogP contribution >= 0.6 is 0 Å². The molecule has 0 radical (unpaired) electrons. The molecule has 0 aromatic carbocycles. The molecule has 0 saturated heterocycles. The Balaban J connectivity index is 1.88. The summed E-state index contributed by atoms with van der Waals surface area (Å²) in [5, 5.41) is 8.02. The van der Waals surface area contributed by atoms with Crippen LogP contribution in [0.5, 0.6) is 0 Å². The number of aryl methyl sites for hydroxylation is 1. The van der Waals surface area contributed by atoms with Crippen molar-refractivity contribution >= 4 is 11.5 Å². The quantitative estimate of drug-likeness (QED) is 0.862. The Hall–Kier alpha value is -1.58. The summed E-state index contributed by atoms with van der Waals surface area (Å²) in [4.78, 5) is 4.38. The zero-order valence-electron chi connectivity index (χ0n) is 10.2. The first-order valence-electron chi connectivity index (χ1n) is 6.42. The molecule has 1 aliphatic carbocycles. The van der Waals surface area contributed by atoms with Gasteiger partial charge in [-0.2, -0.15) is 4.52 Å². The SMILES string of the molecule is Cc1nc2cccc(NC3CCCCC3)n2n1. The summed E-state index contributed by atoms with van der Waals surface area (Å²) < 4.78 is 1.91. The molecule has 17 heavy (non-hydrogen) atoms. The number of nitrogens with zero attached hydrogens (tertiary/aromatic N) is 3. The molecule has 2 aromatic heterocycles. The molecule has 0 atom stereocenters. The van der Waals surface area contributed by atoms with Gasteiger partial charge < -0.3 is 5.32 Å². The van der Waals surface area contributed by atoms with Gasteiger partial charge in [0, 0.05) is 6.04 Å². The summed E-state index contributed by atoms with van der Waals surface area (Å²) >= 11 is 0. The first-order chi connectivity index (χ1) is 8.33. The molecule has 0 aliphatic heterocycles. The topological polar surface area (TPSA) is 42.2 Å². The summed E-state index contributed by atoms with van der Waals surface area (Å²) in [6.07, 6.45) is 6.59. The number of aromatic nitrogens is 3. The third kappa shape index (κ3) is 2.12. The van der Waals surface area contributed by atoms with Gasteiger partial charge in [-0.25, -0.2) is 4.98 Å². The number of fused-ring (bicyclic) bond motifs is 1.